The smallest absolute Gasteiger partial charge is 0.243 e. The zero-order valence-corrected chi connectivity index (χ0v) is 20.8. The first-order valence-electron chi connectivity index (χ1n) is 11.0. The highest BCUT2D eigenvalue weighted by molar-refractivity contribution is 7.92. The van der Waals surface area contributed by atoms with E-state index in [0.29, 0.717) is 36.2 Å². The van der Waals surface area contributed by atoms with Gasteiger partial charge in [-0.2, -0.15) is 4.31 Å². The fourth-order valence-electron chi connectivity index (χ4n) is 3.82. The molecule has 2 aromatic rings. The Labute approximate surface area is 196 Å². The molecule has 1 heterocycles. The van der Waals surface area contributed by atoms with Crippen molar-refractivity contribution in [1.82, 2.24) is 4.31 Å². The first-order valence-corrected chi connectivity index (χ1v) is 14.1. The molecule has 0 atom stereocenters. The predicted octanol–water partition coefficient (Wildman–Crippen LogP) is 3.49. The summed E-state index contributed by atoms with van der Waals surface area (Å²) in [6.45, 7) is 5.97. The first kappa shape index (κ1) is 25.2. The average Bonchev–Trinajstić information content (AvgIpc) is 2.76. The molecule has 1 aliphatic rings. The molecule has 0 aromatic heterocycles. The Bertz CT molecular complexity index is 1200. The van der Waals surface area contributed by atoms with E-state index in [4.69, 9.17) is 0 Å². The molecule has 0 unspecified atom stereocenters. The summed E-state index contributed by atoms with van der Waals surface area (Å²) in [6.07, 6.45) is 1.33. The molecule has 0 aliphatic carbocycles. The minimum atomic E-state index is -3.58. The number of piperidine rings is 1. The molecular formula is C23H31N3O5S2. The summed E-state index contributed by atoms with van der Waals surface area (Å²) >= 11 is 0. The molecule has 180 valence electrons. The minimum Gasteiger partial charge on any atom is -0.326 e. The highest BCUT2D eigenvalue weighted by Crippen LogP contribution is 2.28. The summed E-state index contributed by atoms with van der Waals surface area (Å²) in [5, 5.41) is 2.89. The second-order valence-corrected chi connectivity index (χ2v) is 12.2. The molecule has 1 fully saturated rings. The SMILES string of the molecule is CCCS(=O)(=O)Nc1cccc(NC(=O)C2CCN(S(=O)(=O)c3ccc(C)cc3)CC2)c1C. The molecule has 1 saturated heterocycles. The van der Waals surface area contributed by atoms with Crippen LogP contribution in [-0.4, -0.2) is 45.9 Å². The summed E-state index contributed by atoms with van der Waals surface area (Å²) in [5.41, 5.74) is 2.58. The van der Waals surface area contributed by atoms with Gasteiger partial charge in [0.1, 0.15) is 0 Å². The van der Waals surface area contributed by atoms with E-state index in [2.05, 4.69) is 10.0 Å². The molecule has 2 aromatic carbocycles. The standard InChI is InChI=1S/C23H31N3O5S2/c1-4-16-32(28,29)25-22-7-5-6-21(18(22)3)24-23(27)19-12-14-26(15-13-19)33(30,31)20-10-8-17(2)9-11-20/h5-11,19,25H,4,12-16H2,1-3H3,(H,24,27). The zero-order chi connectivity index (χ0) is 24.2. The first-order chi connectivity index (χ1) is 15.5. The number of hydrogen-bond donors (Lipinski definition) is 2. The van der Waals surface area contributed by atoms with E-state index >= 15 is 0 Å². The van der Waals surface area contributed by atoms with Crippen LogP contribution < -0.4 is 10.0 Å². The summed E-state index contributed by atoms with van der Waals surface area (Å²) in [6, 6.07) is 11.8. The van der Waals surface area contributed by atoms with Crippen LogP contribution in [0.3, 0.4) is 0 Å². The van der Waals surface area contributed by atoms with E-state index in [1.54, 1.807) is 56.3 Å². The second kappa shape index (κ2) is 10.2. The normalized spacial score (nSPS) is 15.8. The molecule has 3 rings (SSSR count). The molecule has 0 bridgehead atoms. The Morgan fingerprint density at radius 1 is 0.970 bits per heavy atom. The van der Waals surface area contributed by atoms with Gasteiger partial charge in [0.05, 0.1) is 16.3 Å². The number of nitrogens with one attached hydrogen (secondary N) is 2. The van der Waals surface area contributed by atoms with Crippen molar-refractivity contribution in [2.45, 2.75) is 44.9 Å². The van der Waals surface area contributed by atoms with Crippen molar-refractivity contribution >= 4 is 37.3 Å². The summed E-state index contributed by atoms with van der Waals surface area (Å²) in [7, 11) is -7.03. The van der Waals surface area contributed by atoms with Gasteiger partial charge in [0.2, 0.25) is 26.0 Å². The van der Waals surface area contributed by atoms with Gasteiger partial charge < -0.3 is 5.32 Å². The zero-order valence-electron chi connectivity index (χ0n) is 19.2. The van der Waals surface area contributed by atoms with Crippen LogP contribution in [-0.2, 0) is 24.8 Å². The fraction of sp³-hybridized carbons (Fsp3) is 0.435. The van der Waals surface area contributed by atoms with Gasteiger partial charge >= 0.3 is 0 Å². The predicted molar refractivity (Wildman–Crippen MR) is 130 cm³/mol. The third-order valence-corrected chi connectivity index (χ3v) is 9.20. The van der Waals surface area contributed by atoms with Crippen molar-refractivity contribution in [3.63, 3.8) is 0 Å². The number of aryl methyl sites for hydroxylation is 1. The number of rotatable bonds is 8. The summed E-state index contributed by atoms with van der Waals surface area (Å²) in [4.78, 5) is 13.1. The number of benzene rings is 2. The minimum absolute atomic E-state index is 0.0209. The van der Waals surface area contributed by atoms with Crippen molar-refractivity contribution in [3.05, 3.63) is 53.6 Å². The van der Waals surface area contributed by atoms with Gasteiger partial charge in [-0.3, -0.25) is 9.52 Å². The van der Waals surface area contributed by atoms with E-state index in [0.717, 1.165) is 5.56 Å². The lowest BCUT2D eigenvalue weighted by Gasteiger charge is -2.30. The fourth-order valence-corrected chi connectivity index (χ4v) is 6.49. The van der Waals surface area contributed by atoms with Crippen LogP contribution in [0.15, 0.2) is 47.4 Å². The van der Waals surface area contributed by atoms with E-state index < -0.39 is 20.0 Å². The van der Waals surface area contributed by atoms with Crippen LogP contribution >= 0.6 is 0 Å². The van der Waals surface area contributed by atoms with Crippen LogP contribution in [0.2, 0.25) is 0 Å². The maximum absolute atomic E-state index is 12.9. The maximum Gasteiger partial charge on any atom is 0.243 e. The monoisotopic (exact) mass is 493 g/mol. The van der Waals surface area contributed by atoms with E-state index in [9.17, 15) is 21.6 Å². The van der Waals surface area contributed by atoms with Crippen molar-refractivity contribution in [1.29, 1.82) is 0 Å². The molecule has 2 N–H and O–H groups in total. The Kier molecular flexibility index (Phi) is 7.81. The van der Waals surface area contributed by atoms with Crippen LogP contribution in [0, 0.1) is 19.8 Å². The second-order valence-electron chi connectivity index (χ2n) is 8.38. The number of carbonyl (C=O) groups excluding carboxylic acids is 1. The van der Waals surface area contributed by atoms with E-state index in [1.807, 2.05) is 6.92 Å². The molecule has 8 nitrogen and oxygen atoms in total. The topological polar surface area (TPSA) is 113 Å². The van der Waals surface area contributed by atoms with Gasteiger partial charge in [-0.1, -0.05) is 30.7 Å². The molecule has 0 spiro atoms. The number of hydrogen-bond acceptors (Lipinski definition) is 5. The van der Waals surface area contributed by atoms with Gasteiger partial charge in [0.15, 0.2) is 0 Å². The van der Waals surface area contributed by atoms with Crippen molar-refractivity contribution < 1.29 is 21.6 Å². The maximum atomic E-state index is 12.9. The lowest BCUT2D eigenvalue weighted by Crippen LogP contribution is -2.41. The number of amides is 1. The summed E-state index contributed by atoms with van der Waals surface area (Å²) < 4.78 is 54.0. The molecular weight excluding hydrogens is 462 g/mol. The van der Waals surface area contributed by atoms with Gasteiger partial charge in [0.25, 0.3) is 0 Å². The van der Waals surface area contributed by atoms with Gasteiger partial charge in [-0.05, 0) is 62.9 Å². The highest BCUT2D eigenvalue weighted by Gasteiger charge is 2.32. The van der Waals surface area contributed by atoms with Crippen LogP contribution in [0.4, 0.5) is 11.4 Å². The Balaban J connectivity index is 1.64. The van der Waals surface area contributed by atoms with E-state index in [-0.39, 0.29) is 35.6 Å². The van der Waals surface area contributed by atoms with Crippen molar-refractivity contribution in [2.24, 2.45) is 5.92 Å². The highest BCUT2D eigenvalue weighted by atomic mass is 32.2. The van der Waals surface area contributed by atoms with Gasteiger partial charge in [0, 0.05) is 24.7 Å². The average molecular weight is 494 g/mol. The molecule has 0 radical (unpaired) electrons. The summed E-state index contributed by atoms with van der Waals surface area (Å²) in [5.74, 6) is -0.499. The van der Waals surface area contributed by atoms with Crippen molar-refractivity contribution in [3.8, 4) is 0 Å². The molecule has 1 amide bonds. The lowest BCUT2D eigenvalue weighted by molar-refractivity contribution is -0.120. The number of sulfonamides is 2. The van der Waals surface area contributed by atoms with Gasteiger partial charge in [-0.15, -0.1) is 0 Å². The Hall–Kier alpha value is -2.43. The Morgan fingerprint density at radius 3 is 2.18 bits per heavy atom. The number of anilines is 2. The van der Waals surface area contributed by atoms with Crippen molar-refractivity contribution in [2.75, 3.05) is 28.9 Å². The third kappa shape index (κ3) is 6.13. The molecule has 10 heteroatoms. The van der Waals surface area contributed by atoms with Gasteiger partial charge in [-0.25, -0.2) is 16.8 Å². The number of nitrogens with zero attached hydrogens (tertiary/aromatic N) is 1. The molecule has 33 heavy (non-hydrogen) atoms. The van der Waals surface area contributed by atoms with Crippen LogP contribution in [0.25, 0.3) is 0 Å². The third-order valence-electron chi connectivity index (χ3n) is 5.81. The quantitative estimate of drug-likeness (QED) is 0.584. The van der Waals surface area contributed by atoms with E-state index in [1.165, 1.54) is 4.31 Å². The Morgan fingerprint density at radius 2 is 1.58 bits per heavy atom. The van der Waals surface area contributed by atoms with Crippen LogP contribution in [0.1, 0.15) is 37.3 Å². The lowest BCUT2D eigenvalue weighted by atomic mass is 9.97. The molecule has 1 aliphatic heterocycles. The largest absolute Gasteiger partial charge is 0.326 e. The molecule has 0 saturated carbocycles. The van der Waals surface area contributed by atoms with Crippen LogP contribution in [0.5, 0.6) is 0 Å². The number of carbonyl (C=O) groups is 1.